The zero-order valence-electron chi connectivity index (χ0n) is 9.80. The number of nitrogens with two attached hydrogens (primary N) is 1. The van der Waals surface area contributed by atoms with Crippen LogP contribution in [0, 0.1) is 6.92 Å². The van der Waals surface area contributed by atoms with Gasteiger partial charge in [-0.1, -0.05) is 15.9 Å². The molecule has 0 radical (unpaired) electrons. The number of benzene rings is 1. The Morgan fingerprint density at radius 2 is 2.12 bits per heavy atom. The van der Waals surface area contributed by atoms with Gasteiger partial charge in [0.1, 0.15) is 0 Å². The van der Waals surface area contributed by atoms with Crippen LogP contribution in [0.25, 0.3) is 0 Å². The molecule has 0 aromatic heterocycles. The van der Waals surface area contributed by atoms with Crippen molar-refractivity contribution < 1.29 is 4.79 Å². The Balaban J connectivity index is 2.70. The highest BCUT2D eigenvalue weighted by Crippen LogP contribution is 2.20. The van der Waals surface area contributed by atoms with E-state index in [1.165, 1.54) is 0 Å². The third kappa shape index (κ3) is 4.33. The summed E-state index contributed by atoms with van der Waals surface area (Å²) in [6, 6.07) is 5.74. The molecule has 3 N–H and O–H groups in total. The van der Waals surface area contributed by atoms with Gasteiger partial charge < -0.3 is 11.1 Å². The Bertz CT molecular complexity index is 396. The third-order valence-corrected chi connectivity index (χ3v) is 2.57. The van der Waals surface area contributed by atoms with E-state index in [-0.39, 0.29) is 5.91 Å². The van der Waals surface area contributed by atoms with Crippen molar-refractivity contribution in [3.8, 4) is 0 Å². The summed E-state index contributed by atoms with van der Waals surface area (Å²) in [5, 5.41) is 2.85. The fourth-order valence-corrected chi connectivity index (χ4v) is 1.85. The van der Waals surface area contributed by atoms with Crippen molar-refractivity contribution in [2.24, 2.45) is 5.73 Å². The molecule has 0 heterocycles. The lowest BCUT2D eigenvalue weighted by Crippen LogP contribution is -2.36. The first-order chi connectivity index (χ1) is 7.28. The highest BCUT2D eigenvalue weighted by molar-refractivity contribution is 9.10. The molecule has 1 aromatic rings. The van der Waals surface area contributed by atoms with Crippen molar-refractivity contribution in [3.63, 3.8) is 0 Å². The van der Waals surface area contributed by atoms with Crippen molar-refractivity contribution >= 4 is 27.5 Å². The van der Waals surface area contributed by atoms with Crippen LogP contribution < -0.4 is 11.1 Å². The first-order valence-electron chi connectivity index (χ1n) is 5.13. The minimum atomic E-state index is -0.479. The first-order valence-corrected chi connectivity index (χ1v) is 5.92. The van der Waals surface area contributed by atoms with Crippen molar-refractivity contribution in [2.45, 2.75) is 32.7 Å². The normalized spacial score (nSPS) is 11.3. The molecule has 16 heavy (non-hydrogen) atoms. The van der Waals surface area contributed by atoms with E-state index in [9.17, 15) is 4.79 Å². The molecule has 0 atom stereocenters. The SMILES string of the molecule is Cc1cc(Br)ccc1NC(=O)CC(C)(C)N. The van der Waals surface area contributed by atoms with Crippen molar-refractivity contribution in [3.05, 3.63) is 28.2 Å². The van der Waals surface area contributed by atoms with Gasteiger partial charge in [-0.2, -0.15) is 0 Å². The van der Waals surface area contributed by atoms with Gasteiger partial charge in [-0.25, -0.2) is 0 Å². The minimum absolute atomic E-state index is 0.0575. The fraction of sp³-hybridized carbons (Fsp3) is 0.417. The van der Waals surface area contributed by atoms with Gasteiger partial charge in [-0.3, -0.25) is 4.79 Å². The Morgan fingerprint density at radius 3 is 2.62 bits per heavy atom. The topological polar surface area (TPSA) is 55.1 Å². The molecular weight excluding hydrogens is 268 g/mol. The summed E-state index contributed by atoms with van der Waals surface area (Å²) in [5.41, 5.74) is 7.16. The Morgan fingerprint density at radius 1 is 1.50 bits per heavy atom. The van der Waals surface area contributed by atoms with Gasteiger partial charge in [0.15, 0.2) is 0 Å². The summed E-state index contributed by atoms with van der Waals surface area (Å²) in [5.74, 6) is -0.0575. The van der Waals surface area contributed by atoms with Gasteiger partial charge in [0.25, 0.3) is 0 Å². The average Bonchev–Trinajstić information content (AvgIpc) is 2.06. The summed E-state index contributed by atoms with van der Waals surface area (Å²) in [4.78, 5) is 11.7. The predicted molar refractivity (Wildman–Crippen MR) is 70.4 cm³/mol. The molecule has 0 aliphatic carbocycles. The quantitative estimate of drug-likeness (QED) is 0.897. The average molecular weight is 285 g/mol. The van der Waals surface area contributed by atoms with Gasteiger partial charge >= 0.3 is 0 Å². The monoisotopic (exact) mass is 284 g/mol. The summed E-state index contributed by atoms with van der Waals surface area (Å²) < 4.78 is 1.00. The fourth-order valence-electron chi connectivity index (χ4n) is 1.38. The maximum absolute atomic E-state index is 11.7. The van der Waals surface area contributed by atoms with Crippen LogP contribution in [0.5, 0.6) is 0 Å². The molecule has 1 aromatic carbocycles. The lowest BCUT2D eigenvalue weighted by Gasteiger charge is -2.18. The molecule has 0 spiro atoms. The second-order valence-electron chi connectivity index (χ2n) is 4.67. The molecule has 0 bridgehead atoms. The Kier molecular flexibility index (Phi) is 4.10. The Hall–Kier alpha value is -0.870. The van der Waals surface area contributed by atoms with Crippen LogP contribution in [-0.4, -0.2) is 11.4 Å². The molecule has 0 fully saturated rings. The minimum Gasteiger partial charge on any atom is -0.326 e. The number of hydrogen-bond donors (Lipinski definition) is 2. The van der Waals surface area contributed by atoms with E-state index < -0.39 is 5.54 Å². The zero-order chi connectivity index (χ0) is 12.3. The molecule has 1 amide bonds. The van der Waals surface area contributed by atoms with Crippen LogP contribution in [0.4, 0.5) is 5.69 Å². The highest BCUT2D eigenvalue weighted by atomic mass is 79.9. The predicted octanol–water partition coefficient (Wildman–Crippen LogP) is 2.82. The van der Waals surface area contributed by atoms with Crippen LogP contribution in [0.2, 0.25) is 0 Å². The number of carbonyl (C=O) groups is 1. The van der Waals surface area contributed by atoms with E-state index in [2.05, 4.69) is 21.2 Å². The van der Waals surface area contributed by atoms with Crippen LogP contribution in [0.3, 0.4) is 0 Å². The second kappa shape index (κ2) is 4.97. The maximum Gasteiger partial charge on any atom is 0.226 e. The molecule has 4 heteroatoms. The Labute approximate surface area is 105 Å². The lowest BCUT2D eigenvalue weighted by molar-refractivity contribution is -0.117. The zero-order valence-corrected chi connectivity index (χ0v) is 11.4. The number of hydrogen-bond acceptors (Lipinski definition) is 2. The molecule has 0 aliphatic heterocycles. The number of aryl methyl sites for hydroxylation is 1. The highest BCUT2D eigenvalue weighted by Gasteiger charge is 2.16. The molecule has 0 unspecified atom stereocenters. The molecular formula is C12H17BrN2O. The molecule has 88 valence electrons. The van der Waals surface area contributed by atoms with Gasteiger partial charge in [-0.05, 0) is 44.5 Å². The van der Waals surface area contributed by atoms with Gasteiger partial charge in [0.05, 0.1) is 0 Å². The largest absolute Gasteiger partial charge is 0.326 e. The smallest absolute Gasteiger partial charge is 0.226 e. The molecule has 0 saturated carbocycles. The summed E-state index contributed by atoms with van der Waals surface area (Å²) in [6.07, 6.45) is 0.308. The van der Waals surface area contributed by atoms with E-state index in [0.29, 0.717) is 6.42 Å². The van der Waals surface area contributed by atoms with Crippen molar-refractivity contribution in [2.75, 3.05) is 5.32 Å². The van der Waals surface area contributed by atoms with Gasteiger partial charge in [-0.15, -0.1) is 0 Å². The van der Waals surface area contributed by atoms with Crippen LogP contribution >= 0.6 is 15.9 Å². The molecule has 3 nitrogen and oxygen atoms in total. The second-order valence-corrected chi connectivity index (χ2v) is 5.59. The van der Waals surface area contributed by atoms with E-state index in [4.69, 9.17) is 5.73 Å². The number of carbonyl (C=O) groups excluding carboxylic acids is 1. The van der Waals surface area contributed by atoms with E-state index in [1.54, 1.807) is 0 Å². The van der Waals surface area contributed by atoms with E-state index in [1.807, 2.05) is 39.0 Å². The number of amides is 1. The number of rotatable bonds is 3. The van der Waals surface area contributed by atoms with Crippen LogP contribution in [0.1, 0.15) is 25.8 Å². The third-order valence-electron chi connectivity index (χ3n) is 2.08. The number of anilines is 1. The van der Waals surface area contributed by atoms with E-state index >= 15 is 0 Å². The molecule has 0 aliphatic rings. The molecule has 1 rings (SSSR count). The maximum atomic E-state index is 11.7. The summed E-state index contributed by atoms with van der Waals surface area (Å²) >= 11 is 3.38. The first kappa shape index (κ1) is 13.2. The number of nitrogens with one attached hydrogen (secondary N) is 1. The number of halogens is 1. The summed E-state index contributed by atoms with van der Waals surface area (Å²) in [6.45, 7) is 5.62. The standard InChI is InChI=1S/C12H17BrN2O/c1-8-6-9(13)4-5-10(8)15-11(16)7-12(2,3)14/h4-6H,7,14H2,1-3H3,(H,15,16). The lowest BCUT2D eigenvalue weighted by atomic mass is 10.0. The van der Waals surface area contributed by atoms with Crippen molar-refractivity contribution in [1.82, 2.24) is 0 Å². The van der Waals surface area contributed by atoms with Crippen LogP contribution in [-0.2, 0) is 4.79 Å². The molecule has 0 saturated heterocycles. The van der Waals surface area contributed by atoms with Crippen molar-refractivity contribution in [1.29, 1.82) is 0 Å². The van der Waals surface area contributed by atoms with Gasteiger partial charge in [0, 0.05) is 22.1 Å². The van der Waals surface area contributed by atoms with Crippen LogP contribution in [0.15, 0.2) is 22.7 Å². The van der Waals surface area contributed by atoms with E-state index in [0.717, 1.165) is 15.7 Å². The summed E-state index contributed by atoms with van der Waals surface area (Å²) in [7, 11) is 0. The van der Waals surface area contributed by atoms with Gasteiger partial charge in [0.2, 0.25) is 5.91 Å².